The van der Waals surface area contributed by atoms with Crippen molar-refractivity contribution in [2.24, 2.45) is 0 Å². The highest BCUT2D eigenvalue weighted by Gasteiger charge is 2.16. The minimum atomic E-state index is 0.108. The monoisotopic (exact) mass is 414 g/mol. The van der Waals surface area contributed by atoms with Gasteiger partial charge in [0.2, 0.25) is 5.12 Å². The molecule has 4 heteroatoms. The minimum Gasteiger partial charge on any atom is -0.287 e. The summed E-state index contributed by atoms with van der Waals surface area (Å²) in [4.78, 5) is 24.7. The maximum atomic E-state index is 12.5. The molecule has 158 valence electrons. The second kappa shape index (κ2) is 19.1. The molecule has 0 N–H and O–H groups in total. The van der Waals surface area contributed by atoms with Gasteiger partial charge in [-0.05, 0) is 26.7 Å². The molecule has 0 aliphatic carbocycles. The van der Waals surface area contributed by atoms with Crippen LogP contribution in [-0.2, 0) is 9.59 Å². The SMILES string of the molecule is CCCCCCCCSC(=O)CC(C(=O)SCCCCCCCC)=C(C)C. The molecule has 0 amide bonds. The van der Waals surface area contributed by atoms with Gasteiger partial charge >= 0.3 is 0 Å². The first-order chi connectivity index (χ1) is 13.0. The van der Waals surface area contributed by atoms with E-state index in [1.807, 2.05) is 13.8 Å². The Morgan fingerprint density at radius 3 is 1.56 bits per heavy atom. The van der Waals surface area contributed by atoms with Crippen molar-refractivity contribution in [3.05, 3.63) is 11.1 Å². The van der Waals surface area contributed by atoms with Gasteiger partial charge in [0.1, 0.15) is 0 Å². The smallest absolute Gasteiger partial charge is 0.215 e. The summed E-state index contributed by atoms with van der Waals surface area (Å²) in [6.07, 6.45) is 15.2. The molecule has 2 nitrogen and oxygen atoms in total. The van der Waals surface area contributed by atoms with E-state index < -0.39 is 0 Å². The molecule has 0 aliphatic rings. The highest BCUT2D eigenvalue weighted by molar-refractivity contribution is 8.14. The molecule has 0 aliphatic heterocycles. The molecular formula is C23H42O2S2. The number of hydrogen-bond acceptors (Lipinski definition) is 4. The van der Waals surface area contributed by atoms with Gasteiger partial charge in [0.25, 0.3) is 0 Å². The van der Waals surface area contributed by atoms with Gasteiger partial charge in [0.15, 0.2) is 5.12 Å². The van der Waals surface area contributed by atoms with Gasteiger partial charge in [-0.15, -0.1) is 0 Å². The predicted molar refractivity (Wildman–Crippen MR) is 125 cm³/mol. The molecule has 0 heterocycles. The van der Waals surface area contributed by atoms with Gasteiger partial charge in [0.05, 0.1) is 0 Å². The van der Waals surface area contributed by atoms with Gasteiger partial charge in [-0.3, -0.25) is 9.59 Å². The zero-order chi connectivity index (χ0) is 20.3. The second-order valence-corrected chi connectivity index (χ2v) is 9.77. The van der Waals surface area contributed by atoms with Crippen LogP contribution in [0.15, 0.2) is 11.1 Å². The maximum absolute atomic E-state index is 12.5. The van der Waals surface area contributed by atoms with Gasteiger partial charge in [-0.25, -0.2) is 0 Å². The molecule has 0 aromatic heterocycles. The summed E-state index contributed by atoms with van der Waals surface area (Å²) >= 11 is 2.81. The Morgan fingerprint density at radius 2 is 1.07 bits per heavy atom. The molecule has 27 heavy (non-hydrogen) atoms. The van der Waals surface area contributed by atoms with Crippen LogP contribution in [0.25, 0.3) is 0 Å². The molecule has 0 aromatic rings. The molecule has 0 radical (unpaired) electrons. The lowest BCUT2D eigenvalue weighted by atomic mass is 10.1. The Kier molecular flexibility index (Phi) is 19.0. The van der Waals surface area contributed by atoms with Crippen LogP contribution < -0.4 is 0 Å². The molecule has 0 aromatic carbocycles. The quantitative estimate of drug-likeness (QED) is 0.179. The Morgan fingerprint density at radius 1 is 0.630 bits per heavy atom. The molecule has 0 fully saturated rings. The van der Waals surface area contributed by atoms with Crippen molar-refractivity contribution in [1.29, 1.82) is 0 Å². The highest BCUT2D eigenvalue weighted by atomic mass is 32.2. The predicted octanol–water partition coefficient (Wildman–Crippen LogP) is 7.95. The van der Waals surface area contributed by atoms with Crippen LogP contribution in [0, 0.1) is 0 Å². The molecule has 0 saturated heterocycles. The van der Waals surface area contributed by atoms with Crippen LogP contribution in [0.4, 0.5) is 0 Å². The summed E-state index contributed by atoms with van der Waals surface area (Å²) in [7, 11) is 0. The summed E-state index contributed by atoms with van der Waals surface area (Å²) in [5.41, 5.74) is 1.72. The average molecular weight is 415 g/mol. The Balaban J connectivity index is 3.98. The van der Waals surface area contributed by atoms with Crippen molar-refractivity contribution in [2.75, 3.05) is 11.5 Å². The fourth-order valence-corrected chi connectivity index (χ4v) is 4.66. The lowest BCUT2D eigenvalue weighted by Gasteiger charge is -2.08. The van der Waals surface area contributed by atoms with Gasteiger partial charge < -0.3 is 0 Å². The number of unbranched alkanes of at least 4 members (excludes halogenated alkanes) is 10. The van der Waals surface area contributed by atoms with Crippen molar-refractivity contribution in [1.82, 2.24) is 0 Å². The van der Waals surface area contributed by atoms with Gasteiger partial charge in [0, 0.05) is 23.5 Å². The maximum Gasteiger partial charge on any atom is 0.215 e. The summed E-state index contributed by atoms with van der Waals surface area (Å²) in [6, 6.07) is 0. The summed E-state index contributed by atoms with van der Waals surface area (Å²) in [6.45, 7) is 8.35. The van der Waals surface area contributed by atoms with E-state index in [0.717, 1.165) is 35.5 Å². The highest BCUT2D eigenvalue weighted by Crippen LogP contribution is 2.23. The molecule has 0 bridgehead atoms. The van der Waals surface area contributed by atoms with Crippen LogP contribution in [0.2, 0.25) is 0 Å². The Labute approximate surface area is 177 Å². The van der Waals surface area contributed by atoms with E-state index in [9.17, 15) is 9.59 Å². The Hall–Kier alpha value is -0.220. The lowest BCUT2D eigenvalue weighted by Crippen LogP contribution is -2.06. The largest absolute Gasteiger partial charge is 0.287 e. The van der Waals surface area contributed by atoms with E-state index in [-0.39, 0.29) is 10.2 Å². The average Bonchev–Trinajstić information content (AvgIpc) is 2.64. The topological polar surface area (TPSA) is 34.1 Å². The first-order valence-corrected chi connectivity index (χ1v) is 13.0. The van der Waals surface area contributed by atoms with Crippen molar-refractivity contribution < 1.29 is 9.59 Å². The lowest BCUT2D eigenvalue weighted by molar-refractivity contribution is -0.112. The first kappa shape index (κ1) is 26.8. The van der Waals surface area contributed by atoms with Gasteiger partial charge in [-0.2, -0.15) is 0 Å². The van der Waals surface area contributed by atoms with E-state index in [1.165, 1.54) is 87.7 Å². The minimum absolute atomic E-state index is 0.108. The Bertz CT molecular complexity index is 426. The zero-order valence-electron chi connectivity index (χ0n) is 18.2. The fourth-order valence-electron chi connectivity index (χ4n) is 2.85. The van der Waals surface area contributed by atoms with E-state index in [0.29, 0.717) is 6.42 Å². The summed E-state index contributed by atoms with van der Waals surface area (Å²) in [5.74, 6) is 1.76. The second-order valence-electron chi connectivity index (χ2n) is 7.55. The number of hydrogen-bond donors (Lipinski definition) is 0. The molecular weight excluding hydrogens is 372 g/mol. The van der Waals surface area contributed by atoms with Crippen LogP contribution in [-0.4, -0.2) is 21.7 Å². The summed E-state index contributed by atoms with van der Waals surface area (Å²) in [5, 5.41) is 0.255. The number of thioether (sulfide) groups is 2. The summed E-state index contributed by atoms with van der Waals surface area (Å²) < 4.78 is 0. The zero-order valence-corrected chi connectivity index (χ0v) is 19.9. The fraction of sp³-hybridized carbons (Fsp3) is 0.826. The number of rotatable bonds is 17. The van der Waals surface area contributed by atoms with E-state index in [2.05, 4.69) is 13.8 Å². The third-order valence-electron chi connectivity index (χ3n) is 4.66. The molecule has 0 atom stereocenters. The van der Waals surface area contributed by atoms with Crippen LogP contribution in [0.5, 0.6) is 0 Å². The van der Waals surface area contributed by atoms with E-state index >= 15 is 0 Å². The van der Waals surface area contributed by atoms with E-state index in [1.54, 1.807) is 0 Å². The molecule has 0 rings (SSSR count). The third kappa shape index (κ3) is 16.4. The van der Waals surface area contributed by atoms with E-state index in [4.69, 9.17) is 0 Å². The molecule has 0 unspecified atom stereocenters. The first-order valence-electron chi connectivity index (χ1n) is 11.0. The van der Waals surface area contributed by atoms with Crippen LogP contribution in [0.3, 0.4) is 0 Å². The number of carbonyl (C=O) groups excluding carboxylic acids is 2. The standard InChI is InChI=1S/C23H42O2S2/c1-5-7-9-11-13-15-17-26-22(24)19-21(20(3)4)23(25)27-18-16-14-12-10-8-6-2/h5-19H2,1-4H3. The normalized spacial score (nSPS) is 10.8. The number of allylic oxidation sites excluding steroid dienone is 1. The number of carbonyl (C=O) groups is 2. The van der Waals surface area contributed by atoms with Crippen LogP contribution in [0.1, 0.15) is 111 Å². The van der Waals surface area contributed by atoms with Gasteiger partial charge in [-0.1, -0.05) is 107 Å². The van der Waals surface area contributed by atoms with Crippen molar-refractivity contribution >= 4 is 33.8 Å². The van der Waals surface area contributed by atoms with Crippen LogP contribution >= 0.6 is 23.5 Å². The van der Waals surface area contributed by atoms with Crippen molar-refractivity contribution in [3.8, 4) is 0 Å². The molecule has 0 saturated carbocycles. The van der Waals surface area contributed by atoms with Crippen molar-refractivity contribution in [3.63, 3.8) is 0 Å². The third-order valence-corrected chi connectivity index (χ3v) is 6.62. The molecule has 0 spiro atoms. The van der Waals surface area contributed by atoms with Crippen molar-refractivity contribution in [2.45, 2.75) is 111 Å².